The number of rotatable bonds is 3. The molecule has 1 fully saturated rings. The largest absolute Gasteiger partial charge is 0.398 e. The van der Waals surface area contributed by atoms with Gasteiger partial charge >= 0.3 is 0 Å². The molecule has 4 heteroatoms. The molecule has 1 aliphatic heterocycles. The Balaban J connectivity index is 1.79. The average Bonchev–Trinajstić information content (AvgIpc) is 2.49. The molecular formula is C17H24N4. The van der Waals surface area contributed by atoms with Crippen LogP contribution in [0.3, 0.4) is 0 Å². The van der Waals surface area contributed by atoms with Gasteiger partial charge in [0.15, 0.2) is 0 Å². The number of fused-ring (bicyclic) bond motifs is 1. The zero-order valence-corrected chi connectivity index (χ0v) is 12.9. The van der Waals surface area contributed by atoms with Crippen LogP contribution in [-0.4, -0.2) is 47.5 Å². The highest BCUT2D eigenvalue weighted by Crippen LogP contribution is 2.21. The summed E-state index contributed by atoms with van der Waals surface area (Å²) in [6.07, 6.45) is 1.19. The summed E-state index contributed by atoms with van der Waals surface area (Å²) in [5.74, 6) is 0. The highest BCUT2D eigenvalue weighted by molar-refractivity contribution is 5.90. The second-order valence-corrected chi connectivity index (χ2v) is 6.00. The van der Waals surface area contributed by atoms with E-state index in [2.05, 4.69) is 23.8 Å². The molecular weight excluding hydrogens is 260 g/mol. The first-order valence-corrected chi connectivity index (χ1v) is 7.74. The van der Waals surface area contributed by atoms with Gasteiger partial charge in [0.2, 0.25) is 0 Å². The number of nitrogens with two attached hydrogens (primary N) is 1. The highest BCUT2D eigenvalue weighted by atomic mass is 15.3. The Kier molecular flexibility index (Phi) is 4.08. The Labute approximate surface area is 126 Å². The van der Waals surface area contributed by atoms with Gasteiger partial charge in [-0.1, -0.05) is 25.1 Å². The van der Waals surface area contributed by atoms with Crippen molar-refractivity contribution in [1.29, 1.82) is 0 Å². The molecule has 1 aromatic heterocycles. The number of benzene rings is 1. The number of aromatic nitrogens is 1. The summed E-state index contributed by atoms with van der Waals surface area (Å²) in [6.45, 7) is 6.49. The second-order valence-electron chi connectivity index (χ2n) is 6.00. The van der Waals surface area contributed by atoms with E-state index in [1.807, 2.05) is 30.3 Å². The van der Waals surface area contributed by atoms with E-state index in [1.165, 1.54) is 6.42 Å². The van der Waals surface area contributed by atoms with Crippen LogP contribution in [0.5, 0.6) is 0 Å². The molecule has 1 saturated heterocycles. The lowest BCUT2D eigenvalue weighted by molar-refractivity contribution is 0.0876. The summed E-state index contributed by atoms with van der Waals surface area (Å²) in [6, 6.07) is 10.8. The summed E-state index contributed by atoms with van der Waals surface area (Å²) in [7, 11) is 2.22. The minimum absolute atomic E-state index is 0.650. The lowest BCUT2D eigenvalue weighted by Crippen LogP contribution is -2.50. The molecule has 0 spiro atoms. The van der Waals surface area contributed by atoms with Crippen molar-refractivity contribution in [3.8, 4) is 0 Å². The first-order valence-electron chi connectivity index (χ1n) is 7.74. The van der Waals surface area contributed by atoms with E-state index in [4.69, 9.17) is 10.7 Å². The lowest BCUT2D eigenvalue weighted by Gasteiger charge is -2.39. The monoisotopic (exact) mass is 284 g/mol. The maximum atomic E-state index is 6.17. The third kappa shape index (κ3) is 3.01. The van der Waals surface area contributed by atoms with Gasteiger partial charge in [-0.25, -0.2) is 0 Å². The predicted octanol–water partition coefficient (Wildman–Crippen LogP) is 2.34. The van der Waals surface area contributed by atoms with Crippen molar-refractivity contribution in [2.24, 2.45) is 0 Å². The minimum atomic E-state index is 0.650. The average molecular weight is 284 g/mol. The number of piperazine rings is 1. The van der Waals surface area contributed by atoms with Crippen LogP contribution >= 0.6 is 0 Å². The summed E-state index contributed by atoms with van der Waals surface area (Å²) < 4.78 is 0. The Morgan fingerprint density at radius 1 is 1.29 bits per heavy atom. The fourth-order valence-electron chi connectivity index (χ4n) is 3.16. The summed E-state index contributed by atoms with van der Waals surface area (Å²) >= 11 is 0. The maximum Gasteiger partial charge on any atom is 0.0726 e. The van der Waals surface area contributed by atoms with Crippen molar-refractivity contribution < 1.29 is 0 Å². The molecule has 0 amide bonds. The molecule has 112 valence electrons. The molecule has 1 atom stereocenters. The van der Waals surface area contributed by atoms with Crippen LogP contribution in [0.2, 0.25) is 0 Å². The molecule has 2 N–H and O–H groups in total. The second kappa shape index (κ2) is 6.00. The van der Waals surface area contributed by atoms with Crippen LogP contribution in [0.25, 0.3) is 10.9 Å². The van der Waals surface area contributed by atoms with Gasteiger partial charge in [0.1, 0.15) is 0 Å². The molecule has 1 aromatic carbocycles. The smallest absolute Gasteiger partial charge is 0.0726 e. The van der Waals surface area contributed by atoms with Gasteiger partial charge in [-0.15, -0.1) is 0 Å². The Morgan fingerprint density at radius 3 is 2.90 bits per heavy atom. The first-order chi connectivity index (χ1) is 10.2. The third-order valence-corrected chi connectivity index (χ3v) is 4.52. The number of nitrogens with zero attached hydrogens (tertiary/aromatic N) is 3. The van der Waals surface area contributed by atoms with E-state index in [9.17, 15) is 0 Å². The standard InChI is InChI=1S/C17H24N4/c1-3-14-12-21(9-8-20(14)2)11-13-10-16(18)15-6-4-5-7-17(15)19-13/h4-7,10,14H,3,8-9,11-12H2,1-2H3,(H2,18,19). The maximum absolute atomic E-state index is 6.17. The van der Waals surface area contributed by atoms with Crippen LogP contribution in [-0.2, 0) is 6.54 Å². The van der Waals surface area contributed by atoms with Crippen molar-refractivity contribution in [1.82, 2.24) is 14.8 Å². The van der Waals surface area contributed by atoms with Crippen LogP contribution in [0.15, 0.2) is 30.3 Å². The number of para-hydroxylation sites is 1. The summed E-state index contributed by atoms with van der Waals surface area (Å²) in [4.78, 5) is 9.71. The van der Waals surface area contributed by atoms with E-state index in [0.29, 0.717) is 6.04 Å². The molecule has 1 unspecified atom stereocenters. The van der Waals surface area contributed by atoms with Crippen molar-refractivity contribution in [2.75, 3.05) is 32.4 Å². The molecule has 21 heavy (non-hydrogen) atoms. The van der Waals surface area contributed by atoms with Gasteiger partial charge in [0.25, 0.3) is 0 Å². The van der Waals surface area contributed by atoms with Gasteiger partial charge in [-0.3, -0.25) is 9.88 Å². The van der Waals surface area contributed by atoms with Gasteiger partial charge in [0.05, 0.1) is 11.2 Å². The molecule has 2 heterocycles. The van der Waals surface area contributed by atoms with Crippen molar-refractivity contribution in [3.05, 3.63) is 36.0 Å². The summed E-state index contributed by atoms with van der Waals surface area (Å²) in [5.41, 5.74) is 9.07. The van der Waals surface area contributed by atoms with E-state index < -0.39 is 0 Å². The van der Waals surface area contributed by atoms with Crippen molar-refractivity contribution >= 4 is 16.6 Å². The Bertz CT molecular complexity index is 625. The predicted molar refractivity (Wildman–Crippen MR) is 88.1 cm³/mol. The number of pyridine rings is 1. The Hall–Kier alpha value is -1.65. The van der Waals surface area contributed by atoms with Crippen molar-refractivity contribution in [3.63, 3.8) is 0 Å². The zero-order valence-electron chi connectivity index (χ0n) is 12.9. The molecule has 0 radical (unpaired) electrons. The van der Waals surface area contributed by atoms with Crippen molar-refractivity contribution in [2.45, 2.75) is 25.9 Å². The number of likely N-dealkylation sites (N-methyl/N-ethyl adjacent to an activating group) is 1. The molecule has 0 saturated carbocycles. The van der Waals surface area contributed by atoms with Crippen LogP contribution in [0, 0.1) is 0 Å². The van der Waals surface area contributed by atoms with Gasteiger partial charge in [-0.2, -0.15) is 0 Å². The first kappa shape index (κ1) is 14.3. The van der Waals surface area contributed by atoms with Crippen LogP contribution in [0.4, 0.5) is 5.69 Å². The fraction of sp³-hybridized carbons (Fsp3) is 0.471. The quantitative estimate of drug-likeness (QED) is 0.939. The SMILES string of the molecule is CCC1CN(Cc2cc(N)c3ccccc3n2)CCN1C. The third-order valence-electron chi connectivity index (χ3n) is 4.52. The highest BCUT2D eigenvalue weighted by Gasteiger charge is 2.23. The number of hydrogen-bond donors (Lipinski definition) is 1. The number of hydrogen-bond acceptors (Lipinski definition) is 4. The molecule has 0 aliphatic carbocycles. The number of anilines is 1. The van der Waals surface area contributed by atoms with E-state index in [1.54, 1.807) is 0 Å². The topological polar surface area (TPSA) is 45.4 Å². The van der Waals surface area contributed by atoms with Crippen LogP contribution < -0.4 is 5.73 Å². The number of nitrogen functional groups attached to an aromatic ring is 1. The lowest BCUT2D eigenvalue weighted by atomic mass is 10.1. The fourth-order valence-corrected chi connectivity index (χ4v) is 3.16. The van der Waals surface area contributed by atoms with E-state index in [0.717, 1.165) is 48.5 Å². The van der Waals surface area contributed by atoms with Gasteiger partial charge < -0.3 is 10.6 Å². The van der Waals surface area contributed by atoms with E-state index >= 15 is 0 Å². The molecule has 1 aliphatic rings. The van der Waals surface area contributed by atoms with Gasteiger partial charge in [-0.05, 0) is 25.6 Å². The molecule has 0 bridgehead atoms. The van der Waals surface area contributed by atoms with E-state index in [-0.39, 0.29) is 0 Å². The molecule has 2 aromatic rings. The Morgan fingerprint density at radius 2 is 2.10 bits per heavy atom. The summed E-state index contributed by atoms with van der Waals surface area (Å²) in [5, 5.41) is 1.05. The molecule has 3 rings (SSSR count). The minimum Gasteiger partial charge on any atom is -0.398 e. The van der Waals surface area contributed by atoms with Crippen LogP contribution in [0.1, 0.15) is 19.0 Å². The zero-order chi connectivity index (χ0) is 14.8. The van der Waals surface area contributed by atoms with Gasteiger partial charge in [0, 0.05) is 43.3 Å². The molecule has 4 nitrogen and oxygen atoms in total. The normalized spacial score (nSPS) is 21.0.